The Labute approximate surface area is 184 Å². The topological polar surface area (TPSA) is 54.9 Å². The van der Waals surface area contributed by atoms with Crippen molar-refractivity contribution >= 4 is 29.0 Å². The Kier molecular flexibility index (Phi) is 6.57. The molecule has 2 aromatic heterocycles. The Hall–Kier alpha value is -2.96. The minimum absolute atomic E-state index is 0.0271. The third kappa shape index (κ3) is 4.96. The summed E-state index contributed by atoms with van der Waals surface area (Å²) in [6, 6.07) is 23.6. The molecule has 0 aliphatic carbocycles. The molecule has 0 spiro atoms. The van der Waals surface area contributed by atoms with E-state index in [4.69, 9.17) is 4.98 Å². The molecule has 0 radical (unpaired) electrons. The summed E-state index contributed by atoms with van der Waals surface area (Å²) in [4.78, 5) is 23.2. The van der Waals surface area contributed by atoms with E-state index in [-0.39, 0.29) is 17.2 Å². The summed E-state index contributed by atoms with van der Waals surface area (Å²) in [6.07, 6.45) is 3.54. The lowest BCUT2D eigenvalue weighted by atomic mass is 10.1. The van der Waals surface area contributed by atoms with Crippen LogP contribution in [0.2, 0.25) is 0 Å². The maximum atomic E-state index is 13.2. The van der Waals surface area contributed by atoms with E-state index in [1.165, 1.54) is 0 Å². The Morgan fingerprint density at radius 3 is 2.43 bits per heavy atom. The largest absolute Gasteiger partial charge is 0.346 e. The predicted octanol–water partition coefficient (Wildman–Crippen LogP) is 5.92. The van der Waals surface area contributed by atoms with Crippen molar-refractivity contribution in [2.75, 3.05) is 0 Å². The molecule has 0 saturated carbocycles. The number of pyridine rings is 1. The van der Waals surface area contributed by atoms with E-state index in [0.717, 1.165) is 26.7 Å². The molecule has 4 rings (SSSR count). The van der Waals surface area contributed by atoms with Gasteiger partial charge >= 0.3 is 0 Å². The van der Waals surface area contributed by atoms with Gasteiger partial charge in [-0.25, -0.2) is 4.98 Å². The van der Waals surface area contributed by atoms with E-state index in [1.807, 2.05) is 85.1 Å². The maximum Gasteiger partial charge on any atom is 0.238 e. The van der Waals surface area contributed by atoms with Gasteiger partial charge in [0.25, 0.3) is 0 Å². The monoisotopic (exact) mass is 431 g/mol. The third-order valence-electron chi connectivity index (χ3n) is 4.55. The first-order valence-corrected chi connectivity index (χ1v) is 11.4. The highest BCUT2D eigenvalue weighted by atomic mass is 32.2. The van der Waals surface area contributed by atoms with Crippen LogP contribution in [0.15, 0.2) is 95.5 Å². The maximum absolute atomic E-state index is 13.2. The summed E-state index contributed by atoms with van der Waals surface area (Å²) < 4.78 is 0. The molecule has 0 fully saturated rings. The summed E-state index contributed by atoms with van der Waals surface area (Å²) in [6.45, 7) is 1.97. The van der Waals surface area contributed by atoms with Crippen molar-refractivity contribution in [2.24, 2.45) is 0 Å². The number of amides is 1. The lowest BCUT2D eigenvalue weighted by molar-refractivity contribution is -0.121. The van der Waals surface area contributed by atoms with Crippen molar-refractivity contribution in [3.8, 4) is 11.3 Å². The second-order valence-electron chi connectivity index (χ2n) is 6.76. The highest BCUT2D eigenvalue weighted by Gasteiger charge is 2.24. The quantitative estimate of drug-likeness (QED) is 0.369. The summed E-state index contributed by atoms with van der Waals surface area (Å²) in [5.74, 6) is -0.0271. The van der Waals surface area contributed by atoms with E-state index in [2.05, 4.69) is 10.3 Å². The van der Waals surface area contributed by atoms with Crippen molar-refractivity contribution in [3.05, 3.63) is 101 Å². The number of aromatic nitrogens is 2. The molecule has 2 unspecified atom stereocenters. The second-order valence-corrected chi connectivity index (χ2v) is 8.83. The smallest absolute Gasteiger partial charge is 0.238 e. The SMILES string of the molecule is CC(NC(=O)C(Sc1ccccc1)c1ccccc1)c1nc(-c2cccnc2)cs1. The van der Waals surface area contributed by atoms with Crippen LogP contribution in [0.25, 0.3) is 11.3 Å². The Morgan fingerprint density at radius 2 is 1.73 bits per heavy atom. The van der Waals surface area contributed by atoms with Gasteiger partial charge in [-0.1, -0.05) is 48.5 Å². The molecule has 1 N–H and O–H groups in total. The van der Waals surface area contributed by atoms with E-state index < -0.39 is 0 Å². The third-order valence-corrected chi connectivity index (χ3v) is 6.84. The molecule has 0 aliphatic rings. The van der Waals surface area contributed by atoms with Gasteiger partial charge in [-0.05, 0) is 36.8 Å². The molecule has 2 atom stereocenters. The molecular weight excluding hydrogens is 410 g/mol. The Balaban J connectivity index is 1.51. The van der Waals surface area contributed by atoms with E-state index in [9.17, 15) is 4.79 Å². The van der Waals surface area contributed by atoms with Crippen LogP contribution in [0.4, 0.5) is 0 Å². The first kappa shape index (κ1) is 20.3. The van der Waals surface area contributed by atoms with Crippen LogP contribution >= 0.6 is 23.1 Å². The zero-order valence-corrected chi connectivity index (χ0v) is 18.1. The van der Waals surface area contributed by atoms with E-state index >= 15 is 0 Å². The van der Waals surface area contributed by atoms with E-state index in [1.54, 1.807) is 35.5 Å². The molecule has 30 heavy (non-hydrogen) atoms. The van der Waals surface area contributed by atoms with Gasteiger partial charge < -0.3 is 5.32 Å². The molecule has 2 aromatic carbocycles. The predicted molar refractivity (Wildman–Crippen MR) is 123 cm³/mol. The van der Waals surface area contributed by atoms with Crippen LogP contribution in [0.1, 0.15) is 28.8 Å². The van der Waals surface area contributed by atoms with Crippen LogP contribution < -0.4 is 5.32 Å². The molecule has 0 saturated heterocycles. The van der Waals surface area contributed by atoms with Crippen LogP contribution in [0, 0.1) is 0 Å². The fraction of sp³-hybridized carbons (Fsp3) is 0.125. The van der Waals surface area contributed by atoms with Gasteiger partial charge in [-0.15, -0.1) is 23.1 Å². The number of rotatable bonds is 7. The molecule has 150 valence electrons. The molecule has 0 bridgehead atoms. The van der Waals surface area contributed by atoms with Gasteiger partial charge in [0.2, 0.25) is 5.91 Å². The molecule has 4 nitrogen and oxygen atoms in total. The summed E-state index contributed by atoms with van der Waals surface area (Å²) in [7, 11) is 0. The highest BCUT2D eigenvalue weighted by Crippen LogP contribution is 2.36. The summed E-state index contributed by atoms with van der Waals surface area (Å²) >= 11 is 3.10. The first-order chi connectivity index (χ1) is 14.7. The number of carbonyl (C=O) groups is 1. The van der Waals surface area contributed by atoms with Crippen LogP contribution in [-0.4, -0.2) is 15.9 Å². The molecule has 4 aromatic rings. The zero-order valence-electron chi connectivity index (χ0n) is 16.4. The van der Waals surface area contributed by atoms with Crippen LogP contribution in [-0.2, 0) is 4.79 Å². The van der Waals surface area contributed by atoms with Gasteiger partial charge in [0.15, 0.2) is 0 Å². The number of nitrogens with one attached hydrogen (secondary N) is 1. The number of benzene rings is 2. The fourth-order valence-corrected chi connectivity index (χ4v) is 4.91. The average molecular weight is 432 g/mol. The van der Waals surface area contributed by atoms with Crippen molar-refractivity contribution in [3.63, 3.8) is 0 Å². The number of thioether (sulfide) groups is 1. The van der Waals surface area contributed by atoms with Crippen LogP contribution in [0.5, 0.6) is 0 Å². The van der Waals surface area contributed by atoms with Gasteiger partial charge in [0, 0.05) is 28.2 Å². The second kappa shape index (κ2) is 9.69. The lowest BCUT2D eigenvalue weighted by Crippen LogP contribution is -2.30. The number of nitrogens with zero attached hydrogens (tertiary/aromatic N) is 2. The van der Waals surface area contributed by atoms with Gasteiger partial charge in [-0.3, -0.25) is 9.78 Å². The highest BCUT2D eigenvalue weighted by molar-refractivity contribution is 8.00. The van der Waals surface area contributed by atoms with Crippen molar-refractivity contribution in [1.82, 2.24) is 15.3 Å². The average Bonchev–Trinajstić information content (AvgIpc) is 3.30. The minimum atomic E-state index is -0.339. The number of thiazole rings is 1. The Morgan fingerprint density at radius 1 is 1.00 bits per heavy atom. The van der Waals surface area contributed by atoms with E-state index in [0.29, 0.717) is 0 Å². The Bertz CT molecular complexity index is 1090. The molecule has 6 heteroatoms. The zero-order chi connectivity index (χ0) is 20.8. The number of hydrogen-bond acceptors (Lipinski definition) is 5. The van der Waals surface area contributed by atoms with Gasteiger partial charge in [0.05, 0.1) is 11.7 Å². The molecule has 1 amide bonds. The first-order valence-electron chi connectivity index (χ1n) is 9.63. The minimum Gasteiger partial charge on any atom is -0.346 e. The van der Waals surface area contributed by atoms with Gasteiger partial charge in [0.1, 0.15) is 10.3 Å². The van der Waals surface area contributed by atoms with Crippen molar-refractivity contribution in [2.45, 2.75) is 23.1 Å². The molecular formula is C24H21N3OS2. The number of carbonyl (C=O) groups excluding carboxylic acids is 1. The van der Waals surface area contributed by atoms with Crippen LogP contribution in [0.3, 0.4) is 0 Å². The normalized spacial score (nSPS) is 12.8. The van der Waals surface area contributed by atoms with Gasteiger partial charge in [-0.2, -0.15) is 0 Å². The summed E-state index contributed by atoms with van der Waals surface area (Å²) in [5.41, 5.74) is 2.83. The van der Waals surface area contributed by atoms with Crippen molar-refractivity contribution < 1.29 is 4.79 Å². The fourth-order valence-electron chi connectivity index (χ4n) is 3.02. The number of hydrogen-bond donors (Lipinski definition) is 1. The summed E-state index contributed by atoms with van der Waals surface area (Å²) in [5, 5.41) is 5.69. The molecule has 0 aliphatic heterocycles. The lowest BCUT2D eigenvalue weighted by Gasteiger charge is -2.19. The molecule has 2 heterocycles. The van der Waals surface area contributed by atoms with Crippen molar-refractivity contribution in [1.29, 1.82) is 0 Å². The standard InChI is InChI=1S/C24H21N3OS2/c1-17(24-27-21(16-29-24)19-11-8-14-25-15-19)26-23(28)22(18-9-4-2-5-10-18)30-20-12-6-3-7-13-20/h2-17,22H,1H3,(H,26,28).